The van der Waals surface area contributed by atoms with Gasteiger partial charge in [-0.3, -0.25) is 4.98 Å². The van der Waals surface area contributed by atoms with E-state index in [0.29, 0.717) is 0 Å². The van der Waals surface area contributed by atoms with E-state index in [9.17, 15) is 0 Å². The first-order valence-electron chi connectivity index (χ1n) is 2.88. The van der Waals surface area contributed by atoms with E-state index >= 15 is 0 Å². The molecule has 0 aliphatic heterocycles. The van der Waals surface area contributed by atoms with Crippen LogP contribution in [0.4, 0.5) is 5.69 Å². The highest BCUT2D eigenvalue weighted by molar-refractivity contribution is 5.42. The molecule has 3 N–H and O–H groups in total. The highest BCUT2D eigenvalue weighted by Gasteiger charge is 1.88. The summed E-state index contributed by atoms with van der Waals surface area (Å²) in [6.07, 6.45) is 3.57. The van der Waals surface area contributed by atoms with Gasteiger partial charge in [-0.2, -0.15) is 0 Å². The Hall–Kier alpha value is -1.09. The van der Waals surface area contributed by atoms with E-state index in [1.54, 1.807) is 12.4 Å². The molecule has 0 aliphatic carbocycles. The third-order valence-electron chi connectivity index (χ3n) is 1.18. The van der Waals surface area contributed by atoms with E-state index in [1.807, 2.05) is 31.1 Å². The molecule has 0 atom stereocenters. The molecule has 3 nitrogen and oxygen atoms in total. The van der Waals surface area contributed by atoms with Gasteiger partial charge in [0.25, 0.3) is 0 Å². The molecule has 1 heterocycles. The number of hydrogen-bond acceptors (Lipinski definition) is 3. The lowest BCUT2D eigenvalue weighted by atomic mass is 10.4. The summed E-state index contributed by atoms with van der Waals surface area (Å²) >= 11 is 0. The summed E-state index contributed by atoms with van der Waals surface area (Å²) in [5.74, 6) is 0. The summed E-state index contributed by atoms with van der Waals surface area (Å²) in [6, 6.07) is 3.94. The van der Waals surface area contributed by atoms with Crippen molar-refractivity contribution in [1.29, 1.82) is 0 Å². The number of nitrogens with zero attached hydrogens (tertiary/aromatic N) is 2. The molecular weight excluding hydrogens is 126 g/mol. The van der Waals surface area contributed by atoms with Crippen molar-refractivity contribution in [1.82, 2.24) is 11.1 Å². The first-order valence-corrected chi connectivity index (χ1v) is 2.88. The summed E-state index contributed by atoms with van der Waals surface area (Å²) in [7, 11) is 4.02. The Kier molecular flexibility index (Phi) is 3.43. The standard InChI is InChI=1S/C7H10N2.H3N/c1-9(2)7-3-5-8-6-4-7;/h3-6H,1-2H3;1H3. The maximum absolute atomic E-state index is 3.90. The Morgan fingerprint density at radius 1 is 1.20 bits per heavy atom. The van der Waals surface area contributed by atoms with E-state index in [2.05, 4.69) is 4.98 Å². The Morgan fingerprint density at radius 3 is 2.00 bits per heavy atom. The van der Waals surface area contributed by atoms with Crippen LogP contribution in [0, 0.1) is 0 Å². The zero-order chi connectivity index (χ0) is 6.69. The smallest absolute Gasteiger partial charge is 0.0391 e. The van der Waals surface area contributed by atoms with E-state index in [4.69, 9.17) is 0 Å². The minimum Gasteiger partial charge on any atom is -0.378 e. The lowest BCUT2D eigenvalue weighted by molar-refractivity contribution is 1.12. The van der Waals surface area contributed by atoms with Crippen molar-refractivity contribution in [3.8, 4) is 0 Å². The van der Waals surface area contributed by atoms with Crippen molar-refractivity contribution >= 4 is 5.69 Å². The SMILES string of the molecule is CN(C)c1ccncc1.N. The van der Waals surface area contributed by atoms with Crippen LogP contribution in [0.2, 0.25) is 0 Å². The van der Waals surface area contributed by atoms with Crippen LogP contribution in [-0.2, 0) is 0 Å². The molecule has 0 saturated carbocycles. The monoisotopic (exact) mass is 139 g/mol. The summed E-state index contributed by atoms with van der Waals surface area (Å²) < 4.78 is 0. The number of anilines is 1. The van der Waals surface area contributed by atoms with Gasteiger partial charge in [-0.15, -0.1) is 0 Å². The van der Waals surface area contributed by atoms with Gasteiger partial charge in [-0.25, -0.2) is 0 Å². The second-order valence-electron chi connectivity index (χ2n) is 2.10. The maximum atomic E-state index is 3.90. The van der Waals surface area contributed by atoms with Gasteiger partial charge in [0, 0.05) is 32.2 Å². The van der Waals surface area contributed by atoms with Crippen LogP contribution < -0.4 is 11.1 Å². The van der Waals surface area contributed by atoms with Gasteiger partial charge >= 0.3 is 0 Å². The number of hydrogen-bond donors (Lipinski definition) is 1. The van der Waals surface area contributed by atoms with Gasteiger partial charge in [0.15, 0.2) is 0 Å². The summed E-state index contributed by atoms with van der Waals surface area (Å²) in [4.78, 5) is 5.94. The fourth-order valence-corrected chi connectivity index (χ4v) is 0.642. The first-order chi connectivity index (χ1) is 4.30. The molecule has 0 bridgehead atoms. The molecule has 3 heteroatoms. The zero-order valence-electron chi connectivity index (χ0n) is 6.41. The summed E-state index contributed by atoms with van der Waals surface area (Å²) in [5.41, 5.74) is 1.19. The number of pyridine rings is 1. The predicted molar refractivity (Wildman–Crippen MR) is 43.6 cm³/mol. The van der Waals surface area contributed by atoms with Gasteiger partial charge < -0.3 is 11.1 Å². The van der Waals surface area contributed by atoms with Crippen LogP contribution in [0.15, 0.2) is 24.5 Å². The van der Waals surface area contributed by atoms with E-state index < -0.39 is 0 Å². The average molecular weight is 139 g/mol. The minimum absolute atomic E-state index is 0. The lowest BCUT2D eigenvalue weighted by Gasteiger charge is -2.10. The zero-order valence-corrected chi connectivity index (χ0v) is 6.41. The topological polar surface area (TPSA) is 51.1 Å². The Morgan fingerprint density at radius 2 is 1.70 bits per heavy atom. The molecule has 10 heavy (non-hydrogen) atoms. The maximum Gasteiger partial charge on any atom is 0.0391 e. The third kappa shape index (κ3) is 2.03. The van der Waals surface area contributed by atoms with Gasteiger partial charge in [-0.1, -0.05) is 0 Å². The fraction of sp³-hybridized carbons (Fsp3) is 0.286. The van der Waals surface area contributed by atoms with Crippen LogP contribution >= 0.6 is 0 Å². The van der Waals surface area contributed by atoms with Crippen molar-refractivity contribution < 1.29 is 0 Å². The fourth-order valence-electron chi connectivity index (χ4n) is 0.642. The molecule has 0 spiro atoms. The molecular formula is C7H13N3. The van der Waals surface area contributed by atoms with Gasteiger partial charge in [0.05, 0.1) is 0 Å². The molecule has 1 aromatic heterocycles. The normalized spacial score (nSPS) is 8.20. The molecule has 0 radical (unpaired) electrons. The van der Waals surface area contributed by atoms with Gasteiger partial charge in [0.1, 0.15) is 0 Å². The second-order valence-corrected chi connectivity index (χ2v) is 2.10. The van der Waals surface area contributed by atoms with Crippen molar-refractivity contribution in [2.45, 2.75) is 0 Å². The second kappa shape index (κ2) is 3.85. The molecule has 0 saturated heterocycles. The Bertz CT molecular complexity index is 171. The van der Waals surface area contributed by atoms with Crippen molar-refractivity contribution in [3.63, 3.8) is 0 Å². The lowest BCUT2D eigenvalue weighted by Crippen LogP contribution is -2.07. The van der Waals surface area contributed by atoms with E-state index in [1.165, 1.54) is 5.69 Å². The molecule has 0 fully saturated rings. The van der Waals surface area contributed by atoms with Crippen molar-refractivity contribution in [2.24, 2.45) is 0 Å². The third-order valence-corrected chi connectivity index (χ3v) is 1.18. The van der Waals surface area contributed by atoms with E-state index in [-0.39, 0.29) is 6.15 Å². The summed E-state index contributed by atoms with van der Waals surface area (Å²) in [5, 5.41) is 0. The molecule has 1 aromatic rings. The van der Waals surface area contributed by atoms with Crippen LogP contribution in [0.5, 0.6) is 0 Å². The van der Waals surface area contributed by atoms with Crippen LogP contribution in [0.25, 0.3) is 0 Å². The molecule has 0 aromatic carbocycles. The molecule has 0 amide bonds. The first kappa shape index (κ1) is 8.91. The highest BCUT2D eigenvalue weighted by atomic mass is 15.1. The quantitative estimate of drug-likeness (QED) is 0.638. The number of rotatable bonds is 1. The summed E-state index contributed by atoms with van der Waals surface area (Å²) in [6.45, 7) is 0. The average Bonchev–Trinajstić information content (AvgIpc) is 1.90. The Labute approximate surface area is 61.3 Å². The Balaban J connectivity index is 0.000000810. The number of aromatic nitrogens is 1. The van der Waals surface area contributed by atoms with Crippen LogP contribution in [0.1, 0.15) is 0 Å². The van der Waals surface area contributed by atoms with Gasteiger partial charge in [0.2, 0.25) is 0 Å². The highest BCUT2D eigenvalue weighted by Crippen LogP contribution is 2.05. The largest absolute Gasteiger partial charge is 0.378 e. The van der Waals surface area contributed by atoms with Gasteiger partial charge in [-0.05, 0) is 12.1 Å². The van der Waals surface area contributed by atoms with Crippen LogP contribution in [0.3, 0.4) is 0 Å². The molecule has 0 unspecified atom stereocenters. The molecule has 0 aliphatic rings. The van der Waals surface area contributed by atoms with E-state index in [0.717, 1.165) is 0 Å². The molecule has 1 rings (SSSR count). The van der Waals surface area contributed by atoms with Crippen molar-refractivity contribution in [2.75, 3.05) is 19.0 Å². The predicted octanol–water partition coefficient (Wildman–Crippen LogP) is 1.31. The van der Waals surface area contributed by atoms with Crippen LogP contribution in [-0.4, -0.2) is 19.1 Å². The van der Waals surface area contributed by atoms with Crippen molar-refractivity contribution in [3.05, 3.63) is 24.5 Å². The molecule has 56 valence electrons. The minimum atomic E-state index is 0.